The molecule has 0 saturated carbocycles. The van der Waals surface area contributed by atoms with Gasteiger partial charge < -0.3 is 15.4 Å². The van der Waals surface area contributed by atoms with Gasteiger partial charge in [0.15, 0.2) is 5.41 Å². The average molecular weight is 503 g/mol. The fourth-order valence-corrected chi connectivity index (χ4v) is 4.92. The second-order valence-electron chi connectivity index (χ2n) is 8.74. The predicted octanol–water partition coefficient (Wildman–Crippen LogP) is 4.77. The first-order valence-corrected chi connectivity index (χ1v) is 11.2. The van der Waals surface area contributed by atoms with Gasteiger partial charge in [-0.1, -0.05) is 54.6 Å². The molecule has 186 valence electrons. The fourth-order valence-electron chi connectivity index (χ4n) is 4.92. The number of amides is 1. The fraction of sp³-hybridized carbons (Fsp3) is 0.259. The van der Waals surface area contributed by atoms with E-state index in [-0.39, 0.29) is 36.5 Å². The van der Waals surface area contributed by atoms with E-state index in [0.717, 1.165) is 17.7 Å². The van der Waals surface area contributed by atoms with E-state index in [0.29, 0.717) is 5.57 Å². The van der Waals surface area contributed by atoms with Crippen LogP contribution < -0.4 is 5.73 Å². The minimum atomic E-state index is -4.66. The summed E-state index contributed by atoms with van der Waals surface area (Å²) in [5, 5.41) is 30.1. The van der Waals surface area contributed by atoms with E-state index < -0.39 is 35.1 Å². The molecule has 2 aromatic carbocycles. The molecule has 1 aliphatic heterocycles. The van der Waals surface area contributed by atoms with Gasteiger partial charge in [-0.05, 0) is 22.8 Å². The second kappa shape index (κ2) is 9.72. The molecule has 1 aliphatic carbocycles. The second-order valence-corrected chi connectivity index (χ2v) is 8.74. The number of allylic oxidation sites excluding steroid dienone is 2. The Balaban J connectivity index is 1.77. The summed E-state index contributed by atoms with van der Waals surface area (Å²) in [6, 6.07) is 19.0. The van der Waals surface area contributed by atoms with E-state index in [1.165, 1.54) is 17.0 Å². The molecule has 0 aromatic heterocycles. The highest BCUT2D eigenvalue weighted by atomic mass is 19.4. The van der Waals surface area contributed by atoms with Crippen LogP contribution in [0.2, 0.25) is 0 Å². The molecular weight excluding hydrogens is 483 g/mol. The van der Waals surface area contributed by atoms with Crippen LogP contribution in [0.3, 0.4) is 0 Å². The third-order valence-electron chi connectivity index (χ3n) is 6.70. The van der Waals surface area contributed by atoms with Gasteiger partial charge in [0.05, 0.1) is 29.0 Å². The van der Waals surface area contributed by atoms with Gasteiger partial charge in [0.2, 0.25) is 0 Å². The quantitative estimate of drug-likeness (QED) is 0.643. The predicted molar refractivity (Wildman–Crippen MR) is 124 cm³/mol. The van der Waals surface area contributed by atoms with E-state index in [4.69, 9.17) is 10.5 Å². The van der Waals surface area contributed by atoms with Crippen molar-refractivity contribution in [1.29, 1.82) is 15.8 Å². The molecule has 0 radical (unpaired) electrons. The molecule has 10 heteroatoms. The van der Waals surface area contributed by atoms with Crippen LogP contribution in [0.15, 0.2) is 77.5 Å². The van der Waals surface area contributed by atoms with E-state index in [9.17, 15) is 33.8 Å². The van der Waals surface area contributed by atoms with E-state index in [1.54, 1.807) is 30.3 Å². The lowest BCUT2D eigenvalue weighted by Gasteiger charge is -2.45. The SMILES string of the molecule is N#CC1=C(N)C(C#N)(C#N)[C@H](c2cccc(C(F)(F)F)c2)[C@H]2CN(C(=O)OCc3ccccc3)CC=C12. The summed E-state index contributed by atoms with van der Waals surface area (Å²) >= 11 is 0. The molecule has 2 aromatic rings. The molecule has 1 amide bonds. The maximum absolute atomic E-state index is 13.5. The average Bonchev–Trinajstić information content (AvgIpc) is 2.91. The summed E-state index contributed by atoms with van der Waals surface area (Å²) in [6.45, 7) is -0.0334. The number of ether oxygens (including phenoxy) is 1. The van der Waals surface area contributed by atoms with Gasteiger partial charge in [-0.2, -0.15) is 29.0 Å². The van der Waals surface area contributed by atoms with Gasteiger partial charge >= 0.3 is 12.3 Å². The molecule has 2 aliphatic rings. The Morgan fingerprint density at radius 1 is 1.11 bits per heavy atom. The number of nitrogens with zero attached hydrogens (tertiary/aromatic N) is 4. The van der Waals surface area contributed by atoms with Crippen LogP contribution in [0.5, 0.6) is 0 Å². The third kappa shape index (κ3) is 4.48. The number of rotatable bonds is 3. The smallest absolute Gasteiger partial charge is 0.416 e. The number of nitrogens with two attached hydrogens (primary N) is 1. The number of fused-ring (bicyclic) bond motifs is 1. The molecule has 0 fully saturated rings. The van der Waals surface area contributed by atoms with Crippen LogP contribution in [0, 0.1) is 45.3 Å². The van der Waals surface area contributed by atoms with Gasteiger partial charge in [0, 0.05) is 24.9 Å². The van der Waals surface area contributed by atoms with Crippen LogP contribution in [0.4, 0.5) is 18.0 Å². The molecule has 7 nitrogen and oxygen atoms in total. The topological polar surface area (TPSA) is 127 Å². The molecule has 37 heavy (non-hydrogen) atoms. The monoisotopic (exact) mass is 503 g/mol. The molecule has 2 atom stereocenters. The van der Waals surface area contributed by atoms with Gasteiger partial charge in [-0.15, -0.1) is 0 Å². The summed E-state index contributed by atoms with van der Waals surface area (Å²) in [5.74, 6) is -2.04. The number of nitriles is 3. The number of halogens is 3. The molecule has 1 heterocycles. The van der Waals surface area contributed by atoms with Crippen molar-refractivity contribution in [3.8, 4) is 18.2 Å². The molecular formula is C27H20F3N5O2. The van der Waals surface area contributed by atoms with Crippen molar-refractivity contribution in [2.75, 3.05) is 13.1 Å². The Morgan fingerprint density at radius 3 is 2.43 bits per heavy atom. The standard InChI is InChI=1S/C27H20F3N5O2/c28-27(29,30)19-8-4-7-18(11-19)23-22-13-35(25(36)37-14-17-5-2-1-3-6-17)10-9-20(22)21(12-31)24(34)26(23,15-32)16-33/h1-9,11,22-23H,10,13-14,34H2/t22-,23+/m0/s1. The van der Waals surface area contributed by atoms with Crippen LogP contribution in [-0.4, -0.2) is 24.1 Å². The van der Waals surface area contributed by atoms with Gasteiger partial charge in [-0.3, -0.25) is 0 Å². The lowest BCUT2D eigenvalue weighted by Crippen LogP contribution is -2.49. The van der Waals surface area contributed by atoms with Crippen molar-refractivity contribution in [3.63, 3.8) is 0 Å². The minimum Gasteiger partial charge on any atom is -0.445 e. The Morgan fingerprint density at radius 2 is 1.81 bits per heavy atom. The zero-order valence-corrected chi connectivity index (χ0v) is 19.4. The first-order valence-electron chi connectivity index (χ1n) is 11.2. The van der Waals surface area contributed by atoms with Crippen molar-refractivity contribution >= 4 is 6.09 Å². The summed E-state index contributed by atoms with van der Waals surface area (Å²) in [4.78, 5) is 14.2. The Hall–Kier alpha value is -4.75. The van der Waals surface area contributed by atoms with Crippen molar-refractivity contribution in [2.24, 2.45) is 17.1 Å². The van der Waals surface area contributed by atoms with Crippen molar-refractivity contribution in [1.82, 2.24) is 4.90 Å². The van der Waals surface area contributed by atoms with Crippen LogP contribution >= 0.6 is 0 Å². The van der Waals surface area contributed by atoms with Crippen LogP contribution in [-0.2, 0) is 17.5 Å². The lowest BCUT2D eigenvalue weighted by molar-refractivity contribution is -0.137. The molecule has 0 unspecified atom stereocenters. The van der Waals surface area contributed by atoms with E-state index >= 15 is 0 Å². The Kier molecular flexibility index (Phi) is 6.66. The largest absolute Gasteiger partial charge is 0.445 e. The Bertz CT molecular complexity index is 1400. The third-order valence-corrected chi connectivity index (χ3v) is 6.70. The number of carbonyl (C=O) groups is 1. The maximum Gasteiger partial charge on any atom is 0.416 e. The Labute approximate surface area is 211 Å². The molecule has 2 N–H and O–H groups in total. The zero-order chi connectivity index (χ0) is 26.8. The summed E-state index contributed by atoms with van der Waals surface area (Å²) in [5.41, 5.74) is 3.92. The molecule has 4 rings (SSSR count). The number of hydrogen-bond acceptors (Lipinski definition) is 6. The van der Waals surface area contributed by atoms with Gasteiger partial charge in [-0.25, -0.2) is 4.79 Å². The number of benzene rings is 2. The number of alkyl halides is 3. The summed E-state index contributed by atoms with van der Waals surface area (Å²) in [6.07, 6.45) is -3.77. The molecule has 0 bridgehead atoms. The van der Waals surface area contributed by atoms with Crippen LogP contribution in [0.25, 0.3) is 0 Å². The summed E-state index contributed by atoms with van der Waals surface area (Å²) < 4.78 is 46.0. The van der Waals surface area contributed by atoms with Crippen molar-refractivity contribution in [2.45, 2.75) is 18.7 Å². The van der Waals surface area contributed by atoms with E-state index in [1.807, 2.05) is 24.3 Å². The van der Waals surface area contributed by atoms with Gasteiger partial charge in [0.25, 0.3) is 0 Å². The highest BCUT2D eigenvalue weighted by molar-refractivity contribution is 5.69. The van der Waals surface area contributed by atoms with Gasteiger partial charge in [0.1, 0.15) is 12.7 Å². The molecule has 0 saturated heterocycles. The molecule has 0 spiro atoms. The lowest BCUT2D eigenvalue weighted by atomic mass is 9.58. The number of hydrogen-bond donors (Lipinski definition) is 1. The highest BCUT2D eigenvalue weighted by Gasteiger charge is 2.55. The van der Waals surface area contributed by atoms with Crippen LogP contribution in [0.1, 0.15) is 22.6 Å². The summed E-state index contributed by atoms with van der Waals surface area (Å²) in [7, 11) is 0. The van der Waals surface area contributed by atoms with Crippen molar-refractivity contribution in [3.05, 3.63) is 94.2 Å². The zero-order valence-electron chi connectivity index (χ0n) is 19.4. The normalized spacial score (nSPS) is 20.5. The van der Waals surface area contributed by atoms with E-state index in [2.05, 4.69) is 0 Å². The first-order chi connectivity index (χ1) is 17.7. The van der Waals surface area contributed by atoms with Crippen molar-refractivity contribution < 1.29 is 22.7 Å². The highest BCUT2D eigenvalue weighted by Crippen LogP contribution is 2.54. The maximum atomic E-state index is 13.5. The first kappa shape index (κ1) is 25.3. The number of carbonyl (C=O) groups excluding carboxylic acids is 1. The minimum absolute atomic E-state index is 0.00505.